The highest BCUT2D eigenvalue weighted by Gasteiger charge is 2.15. The first-order valence-corrected chi connectivity index (χ1v) is 9.57. The molecule has 0 saturated heterocycles. The molecule has 1 aromatic heterocycles. The quantitative estimate of drug-likeness (QED) is 0.571. The first kappa shape index (κ1) is 20.6. The van der Waals surface area contributed by atoms with Crippen LogP contribution in [0.25, 0.3) is 10.2 Å². The van der Waals surface area contributed by atoms with Crippen molar-refractivity contribution in [1.29, 1.82) is 0 Å². The lowest BCUT2D eigenvalue weighted by Crippen LogP contribution is -2.34. The Bertz CT molecular complexity index is 1050. The van der Waals surface area contributed by atoms with E-state index >= 15 is 0 Å². The summed E-state index contributed by atoms with van der Waals surface area (Å²) in [5.41, 5.74) is 1.02. The largest absolute Gasteiger partial charge is 0.497 e. The van der Waals surface area contributed by atoms with Gasteiger partial charge in [0.1, 0.15) is 28.5 Å². The summed E-state index contributed by atoms with van der Waals surface area (Å²) in [6, 6.07) is 8.47. The number of thiocarbonyl (C=S) groups is 1. The van der Waals surface area contributed by atoms with Crippen LogP contribution < -0.4 is 29.6 Å². The molecule has 152 valence electrons. The molecule has 0 atom stereocenters. The number of thiazole rings is 1. The fraction of sp³-hybridized carbons (Fsp3) is 0.211. The predicted octanol–water partition coefficient (Wildman–Crippen LogP) is 3.46. The fourth-order valence-corrected chi connectivity index (χ4v) is 3.71. The summed E-state index contributed by atoms with van der Waals surface area (Å²) in [6.07, 6.45) is 0. The van der Waals surface area contributed by atoms with Gasteiger partial charge in [-0.3, -0.25) is 10.1 Å². The number of fused-ring (bicyclic) bond motifs is 1. The normalized spacial score (nSPS) is 10.3. The Morgan fingerprint density at radius 1 is 0.931 bits per heavy atom. The van der Waals surface area contributed by atoms with Gasteiger partial charge in [-0.1, -0.05) is 11.3 Å². The summed E-state index contributed by atoms with van der Waals surface area (Å²) in [5, 5.41) is 6.18. The number of carbonyl (C=O) groups is 1. The summed E-state index contributed by atoms with van der Waals surface area (Å²) >= 11 is 6.61. The molecule has 0 radical (unpaired) electrons. The molecule has 0 spiro atoms. The van der Waals surface area contributed by atoms with E-state index in [0.717, 1.165) is 4.70 Å². The van der Waals surface area contributed by atoms with Crippen molar-refractivity contribution in [2.24, 2.45) is 0 Å². The molecule has 0 aliphatic rings. The van der Waals surface area contributed by atoms with Gasteiger partial charge < -0.3 is 24.3 Å². The molecule has 2 aromatic carbocycles. The van der Waals surface area contributed by atoms with Crippen molar-refractivity contribution in [3.8, 4) is 23.0 Å². The molecule has 8 nitrogen and oxygen atoms in total. The van der Waals surface area contributed by atoms with Gasteiger partial charge in [0.25, 0.3) is 5.91 Å². The van der Waals surface area contributed by atoms with Crippen LogP contribution in [-0.2, 0) is 0 Å². The standard InChI is InChI=1S/C19H19N3O5S2/c1-24-11-5-10(6-12(7-11)25-2)17(23)21-18(28)22-19-20-16-14(27-4)8-13(26-3)9-15(16)29-19/h5-9H,1-4H3,(H2,20,21,22,23,28). The van der Waals surface area contributed by atoms with Crippen LogP contribution in [-0.4, -0.2) is 44.4 Å². The van der Waals surface area contributed by atoms with Crippen molar-refractivity contribution in [3.63, 3.8) is 0 Å². The lowest BCUT2D eigenvalue weighted by atomic mass is 10.2. The van der Waals surface area contributed by atoms with Crippen molar-refractivity contribution in [2.75, 3.05) is 33.8 Å². The summed E-state index contributed by atoms with van der Waals surface area (Å²) in [7, 11) is 6.17. The van der Waals surface area contributed by atoms with Crippen LogP contribution in [0.15, 0.2) is 30.3 Å². The SMILES string of the molecule is COc1cc(OC)cc(C(=O)NC(=S)Nc2nc3c(OC)cc(OC)cc3s2)c1. The number of rotatable bonds is 6. The zero-order valence-corrected chi connectivity index (χ0v) is 17.8. The Kier molecular flexibility index (Phi) is 6.35. The van der Waals surface area contributed by atoms with Gasteiger partial charge in [0.15, 0.2) is 10.2 Å². The minimum Gasteiger partial charge on any atom is -0.497 e. The van der Waals surface area contributed by atoms with E-state index < -0.39 is 5.91 Å². The van der Waals surface area contributed by atoms with E-state index in [0.29, 0.717) is 39.2 Å². The molecule has 0 unspecified atom stereocenters. The van der Waals surface area contributed by atoms with Crippen LogP contribution in [0.3, 0.4) is 0 Å². The van der Waals surface area contributed by atoms with Crippen LogP contribution in [0.4, 0.5) is 5.13 Å². The monoisotopic (exact) mass is 433 g/mol. The van der Waals surface area contributed by atoms with E-state index in [9.17, 15) is 4.79 Å². The van der Waals surface area contributed by atoms with Gasteiger partial charge in [-0.15, -0.1) is 0 Å². The Hall–Kier alpha value is -3.11. The van der Waals surface area contributed by atoms with Crippen LogP contribution >= 0.6 is 23.6 Å². The number of nitrogens with one attached hydrogen (secondary N) is 2. The van der Waals surface area contributed by atoms with E-state index in [1.165, 1.54) is 25.6 Å². The highest BCUT2D eigenvalue weighted by atomic mass is 32.1. The molecule has 0 fully saturated rings. The zero-order chi connectivity index (χ0) is 21.0. The van der Waals surface area contributed by atoms with Crippen molar-refractivity contribution in [1.82, 2.24) is 10.3 Å². The molecule has 1 heterocycles. The molecule has 1 amide bonds. The van der Waals surface area contributed by atoms with Gasteiger partial charge in [-0.05, 0) is 30.4 Å². The van der Waals surface area contributed by atoms with Crippen LogP contribution in [0.1, 0.15) is 10.4 Å². The number of carbonyl (C=O) groups excluding carboxylic acids is 1. The second-order valence-electron chi connectivity index (χ2n) is 5.71. The zero-order valence-electron chi connectivity index (χ0n) is 16.2. The van der Waals surface area contributed by atoms with Crippen molar-refractivity contribution >= 4 is 49.9 Å². The molecule has 3 aromatic rings. The number of methoxy groups -OCH3 is 4. The third-order valence-electron chi connectivity index (χ3n) is 3.95. The van der Waals surface area contributed by atoms with E-state index in [-0.39, 0.29) is 5.11 Å². The number of anilines is 1. The Morgan fingerprint density at radius 2 is 1.55 bits per heavy atom. The molecule has 3 rings (SSSR count). The van der Waals surface area contributed by atoms with Crippen molar-refractivity contribution in [3.05, 3.63) is 35.9 Å². The molecular formula is C19H19N3O5S2. The Labute approximate surface area is 176 Å². The minimum absolute atomic E-state index is 0.113. The fourth-order valence-electron chi connectivity index (χ4n) is 2.54. The number of aromatic nitrogens is 1. The van der Waals surface area contributed by atoms with Crippen LogP contribution in [0, 0.1) is 0 Å². The van der Waals surface area contributed by atoms with E-state index in [4.69, 9.17) is 31.2 Å². The maximum Gasteiger partial charge on any atom is 0.257 e. The molecule has 0 bridgehead atoms. The third-order valence-corrected chi connectivity index (χ3v) is 5.07. The van der Waals surface area contributed by atoms with Gasteiger partial charge in [0.05, 0.1) is 33.1 Å². The summed E-state index contributed by atoms with van der Waals surface area (Å²) in [5.74, 6) is 1.84. The number of amides is 1. The van der Waals surface area contributed by atoms with Gasteiger partial charge in [-0.2, -0.15) is 0 Å². The smallest absolute Gasteiger partial charge is 0.257 e. The maximum absolute atomic E-state index is 12.5. The number of hydrogen-bond acceptors (Lipinski definition) is 8. The average Bonchev–Trinajstić information content (AvgIpc) is 3.14. The highest BCUT2D eigenvalue weighted by molar-refractivity contribution is 7.80. The summed E-state index contributed by atoms with van der Waals surface area (Å²) in [4.78, 5) is 17.0. The summed E-state index contributed by atoms with van der Waals surface area (Å²) < 4.78 is 21.9. The van der Waals surface area contributed by atoms with Crippen LogP contribution in [0.2, 0.25) is 0 Å². The van der Waals surface area contributed by atoms with Crippen molar-refractivity contribution in [2.45, 2.75) is 0 Å². The molecular weight excluding hydrogens is 414 g/mol. The molecule has 29 heavy (non-hydrogen) atoms. The van der Waals surface area contributed by atoms with E-state index in [1.807, 2.05) is 6.07 Å². The predicted molar refractivity (Wildman–Crippen MR) is 116 cm³/mol. The first-order valence-electron chi connectivity index (χ1n) is 8.35. The number of nitrogens with zero attached hydrogens (tertiary/aromatic N) is 1. The van der Waals surface area contributed by atoms with Gasteiger partial charge in [-0.25, -0.2) is 4.98 Å². The second kappa shape index (κ2) is 8.93. The second-order valence-corrected chi connectivity index (χ2v) is 7.14. The molecule has 2 N–H and O–H groups in total. The third kappa shape index (κ3) is 4.66. The topological polar surface area (TPSA) is 90.9 Å². The molecule has 0 saturated carbocycles. The van der Waals surface area contributed by atoms with Gasteiger partial charge in [0.2, 0.25) is 0 Å². The summed E-state index contributed by atoms with van der Waals surface area (Å²) in [6.45, 7) is 0. The van der Waals surface area contributed by atoms with E-state index in [1.54, 1.807) is 38.5 Å². The van der Waals surface area contributed by atoms with Gasteiger partial charge in [0, 0.05) is 17.7 Å². The highest BCUT2D eigenvalue weighted by Crippen LogP contribution is 2.36. The maximum atomic E-state index is 12.5. The lowest BCUT2D eigenvalue weighted by molar-refractivity contribution is 0.0977. The minimum atomic E-state index is -0.403. The molecule has 10 heteroatoms. The lowest BCUT2D eigenvalue weighted by Gasteiger charge is -2.10. The Morgan fingerprint density at radius 3 is 2.14 bits per heavy atom. The Balaban J connectivity index is 1.76. The average molecular weight is 434 g/mol. The number of benzene rings is 2. The van der Waals surface area contributed by atoms with Crippen molar-refractivity contribution < 1.29 is 23.7 Å². The first-order chi connectivity index (χ1) is 14.0. The number of hydrogen-bond donors (Lipinski definition) is 2. The van der Waals surface area contributed by atoms with Crippen LogP contribution in [0.5, 0.6) is 23.0 Å². The number of ether oxygens (including phenoxy) is 4. The van der Waals surface area contributed by atoms with Gasteiger partial charge >= 0.3 is 0 Å². The molecule has 0 aliphatic carbocycles. The van der Waals surface area contributed by atoms with E-state index in [2.05, 4.69) is 15.6 Å². The molecule has 0 aliphatic heterocycles.